The molecule has 0 unspecified atom stereocenters. The zero-order valence-electron chi connectivity index (χ0n) is 14.8. The van der Waals surface area contributed by atoms with E-state index in [1.165, 1.54) is 25.1 Å². The van der Waals surface area contributed by atoms with Crippen molar-refractivity contribution in [2.24, 2.45) is 0 Å². The molecule has 146 valence electrons. The number of halogens is 3. The van der Waals surface area contributed by atoms with Crippen molar-refractivity contribution in [2.45, 2.75) is 25.7 Å². The molecule has 0 aliphatic carbocycles. The van der Waals surface area contributed by atoms with Gasteiger partial charge in [-0.25, -0.2) is 9.59 Å². The molecule has 0 saturated heterocycles. The third-order valence-corrected chi connectivity index (χ3v) is 4.28. The second-order valence-electron chi connectivity index (χ2n) is 6.22. The molecule has 1 aliphatic heterocycles. The number of hydrogen-bond acceptors (Lipinski definition) is 3. The first-order valence-electron chi connectivity index (χ1n) is 8.43. The summed E-state index contributed by atoms with van der Waals surface area (Å²) in [5, 5.41) is 4.81. The van der Waals surface area contributed by atoms with E-state index in [0.717, 1.165) is 11.6 Å². The SMILES string of the molecule is CC1=C(C(=O)OCc2ccccc2)[C@@H](c2ccccc2C(F)(F)F)NC(=O)N1. The number of ether oxygens (including phenoxy) is 1. The summed E-state index contributed by atoms with van der Waals surface area (Å²) in [6.45, 7) is 1.40. The number of carbonyl (C=O) groups excluding carboxylic acids is 2. The molecular formula is C20H17F3N2O3. The molecule has 0 fully saturated rings. The third kappa shape index (κ3) is 4.16. The van der Waals surface area contributed by atoms with Crippen LogP contribution in [0.15, 0.2) is 65.9 Å². The number of hydrogen-bond donors (Lipinski definition) is 2. The van der Waals surface area contributed by atoms with Gasteiger partial charge < -0.3 is 15.4 Å². The number of esters is 1. The minimum atomic E-state index is -4.64. The van der Waals surface area contributed by atoms with Gasteiger partial charge in [-0.1, -0.05) is 48.5 Å². The number of amides is 2. The maximum Gasteiger partial charge on any atom is 0.416 e. The van der Waals surface area contributed by atoms with Crippen LogP contribution in [-0.4, -0.2) is 12.0 Å². The van der Waals surface area contributed by atoms with Crippen LogP contribution in [0.3, 0.4) is 0 Å². The van der Waals surface area contributed by atoms with E-state index in [1.807, 2.05) is 6.07 Å². The molecule has 1 heterocycles. The monoisotopic (exact) mass is 390 g/mol. The maximum absolute atomic E-state index is 13.4. The van der Waals surface area contributed by atoms with Gasteiger partial charge in [0.25, 0.3) is 0 Å². The highest BCUT2D eigenvalue weighted by Gasteiger charge is 2.39. The lowest BCUT2D eigenvalue weighted by Gasteiger charge is -2.29. The normalized spacial score (nSPS) is 17.0. The fraction of sp³-hybridized carbons (Fsp3) is 0.200. The first kappa shape index (κ1) is 19.5. The fourth-order valence-corrected chi connectivity index (χ4v) is 3.01. The Labute approximate surface area is 159 Å². The van der Waals surface area contributed by atoms with Crippen molar-refractivity contribution >= 4 is 12.0 Å². The summed E-state index contributed by atoms with van der Waals surface area (Å²) in [4.78, 5) is 24.6. The average molecular weight is 390 g/mol. The fourth-order valence-electron chi connectivity index (χ4n) is 3.01. The zero-order valence-corrected chi connectivity index (χ0v) is 14.8. The van der Waals surface area contributed by atoms with Crippen molar-refractivity contribution in [1.29, 1.82) is 0 Å². The molecule has 0 radical (unpaired) electrons. The van der Waals surface area contributed by atoms with Gasteiger partial charge in [-0.05, 0) is 24.1 Å². The number of rotatable bonds is 4. The minimum absolute atomic E-state index is 0.0436. The molecule has 8 heteroatoms. The highest BCUT2D eigenvalue weighted by Crippen LogP contribution is 2.38. The van der Waals surface area contributed by atoms with E-state index in [-0.39, 0.29) is 23.4 Å². The molecule has 1 aliphatic rings. The quantitative estimate of drug-likeness (QED) is 0.774. The molecule has 2 aromatic carbocycles. The van der Waals surface area contributed by atoms with Crippen molar-refractivity contribution in [3.63, 3.8) is 0 Å². The Morgan fingerprint density at radius 2 is 1.71 bits per heavy atom. The van der Waals surface area contributed by atoms with E-state index in [4.69, 9.17) is 4.74 Å². The molecule has 1 atom stereocenters. The molecule has 3 rings (SSSR count). The average Bonchev–Trinajstić information content (AvgIpc) is 2.65. The van der Waals surface area contributed by atoms with Gasteiger partial charge >= 0.3 is 18.2 Å². The van der Waals surface area contributed by atoms with Crippen LogP contribution < -0.4 is 10.6 Å². The molecule has 0 bridgehead atoms. The molecule has 28 heavy (non-hydrogen) atoms. The van der Waals surface area contributed by atoms with Gasteiger partial charge in [0, 0.05) is 5.70 Å². The standard InChI is InChI=1S/C20H17F3N2O3/c1-12-16(18(26)28-11-13-7-3-2-4-8-13)17(25-19(27)24-12)14-9-5-6-10-15(14)20(21,22)23/h2-10,17H,11H2,1H3,(H2,24,25,27)/t17-/m1/s1. The topological polar surface area (TPSA) is 67.4 Å². The number of nitrogens with one attached hydrogen (secondary N) is 2. The van der Waals surface area contributed by atoms with Crippen LogP contribution in [0.1, 0.15) is 29.7 Å². The summed E-state index contributed by atoms with van der Waals surface area (Å²) in [6.07, 6.45) is -4.64. The second kappa shape index (κ2) is 7.75. The largest absolute Gasteiger partial charge is 0.457 e. The smallest absolute Gasteiger partial charge is 0.416 e. The number of allylic oxidation sites excluding steroid dienone is 1. The van der Waals surface area contributed by atoms with E-state index < -0.39 is 29.8 Å². The van der Waals surface area contributed by atoms with Crippen LogP contribution >= 0.6 is 0 Å². The van der Waals surface area contributed by atoms with Crippen LogP contribution in [0.5, 0.6) is 0 Å². The second-order valence-corrected chi connectivity index (χ2v) is 6.22. The van der Waals surface area contributed by atoms with Crippen LogP contribution in [0.4, 0.5) is 18.0 Å². The summed E-state index contributed by atoms with van der Waals surface area (Å²) in [7, 11) is 0. The zero-order chi connectivity index (χ0) is 20.3. The van der Waals surface area contributed by atoms with Crippen molar-refractivity contribution < 1.29 is 27.5 Å². The van der Waals surface area contributed by atoms with Gasteiger partial charge in [-0.3, -0.25) is 0 Å². The first-order chi connectivity index (χ1) is 13.3. The van der Waals surface area contributed by atoms with E-state index in [9.17, 15) is 22.8 Å². The lowest BCUT2D eigenvalue weighted by Crippen LogP contribution is -2.45. The summed E-state index contributed by atoms with van der Waals surface area (Å²) >= 11 is 0. The van der Waals surface area contributed by atoms with Gasteiger partial charge in [0.05, 0.1) is 17.2 Å². The van der Waals surface area contributed by atoms with Gasteiger partial charge in [0.2, 0.25) is 0 Å². The number of carbonyl (C=O) groups is 2. The lowest BCUT2D eigenvalue weighted by molar-refractivity contribution is -0.142. The van der Waals surface area contributed by atoms with Crippen LogP contribution in [0.25, 0.3) is 0 Å². The molecular weight excluding hydrogens is 373 g/mol. The molecule has 2 aromatic rings. The van der Waals surface area contributed by atoms with E-state index in [0.29, 0.717) is 0 Å². The third-order valence-electron chi connectivity index (χ3n) is 4.28. The molecule has 0 aromatic heterocycles. The first-order valence-corrected chi connectivity index (χ1v) is 8.43. The maximum atomic E-state index is 13.4. The Balaban J connectivity index is 1.95. The number of benzene rings is 2. The van der Waals surface area contributed by atoms with E-state index in [2.05, 4.69) is 10.6 Å². The van der Waals surface area contributed by atoms with Gasteiger partial charge in [-0.15, -0.1) is 0 Å². The van der Waals surface area contributed by atoms with Crippen molar-refractivity contribution in [3.8, 4) is 0 Å². The highest BCUT2D eigenvalue weighted by molar-refractivity contribution is 5.95. The molecule has 5 nitrogen and oxygen atoms in total. The Hall–Kier alpha value is -3.29. The molecule has 0 spiro atoms. The number of urea groups is 1. The van der Waals surface area contributed by atoms with Crippen LogP contribution in [-0.2, 0) is 22.3 Å². The summed E-state index contributed by atoms with van der Waals surface area (Å²) < 4.78 is 45.6. The predicted octanol–water partition coefficient (Wildman–Crippen LogP) is 4.08. The van der Waals surface area contributed by atoms with Crippen LogP contribution in [0, 0.1) is 0 Å². The number of alkyl halides is 3. The molecule has 0 saturated carbocycles. The molecule has 2 amide bonds. The highest BCUT2D eigenvalue weighted by atomic mass is 19.4. The van der Waals surface area contributed by atoms with Gasteiger partial charge in [0.1, 0.15) is 6.61 Å². The predicted molar refractivity (Wildman–Crippen MR) is 94.8 cm³/mol. The molecule has 2 N–H and O–H groups in total. The van der Waals surface area contributed by atoms with Crippen molar-refractivity contribution in [1.82, 2.24) is 10.6 Å². The Morgan fingerprint density at radius 3 is 2.39 bits per heavy atom. The summed E-state index contributed by atoms with van der Waals surface area (Å²) in [5.41, 5.74) is -0.357. The Morgan fingerprint density at radius 1 is 1.07 bits per heavy atom. The van der Waals surface area contributed by atoms with Crippen molar-refractivity contribution in [3.05, 3.63) is 82.6 Å². The van der Waals surface area contributed by atoms with Crippen LogP contribution in [0.2, 0.25) is 0 Å². The Kier molecular flexibility index (Phi) is 5.39. The Bertz CT molecular complexity index is 924. The summed E-state index contributed by atoms with van der Waals surface area (Å²) in [5.74, 6) is -0.809. The minimum Gasteiger partial charge on any atom is -0.457 e. The van der Waals surface area contributed by atoms with Gasteiger partial charge in [-0.2, -0.15) is 13.2 Å². The lowest BCUT2D eigenvalue weighted by atomic mass is 9.91. The van der Waals surface area contributed by atoms with E-state index >= 15 is 0 Å². The van der Waals surface area contributed by atoms with Crippen molar-refractivity contribution in [2.75, 3.05) is 0 Å². The van der Waals surface area contributed by atoms with Gasteiger partial charge in [0.15, 0.2) is 0 Å². The van der Waals surface area contributed by atoms with E-state index in [1.54, 1.807) is 24.3 Å². The summed E-state index contributed by atoms with van der Waals surface area (Å²) in [6, 6.07) is 11.7.